The van der Waals surface area contributed by atoms with Crippen molar-refractivity contribution in [1.29, 1.82) is 0 Å². The van der Waals surface area contributed by atoms with Gasteiger partial charge in [0, 0.05) is 0 Å². The number of allylic oxidation sites excluding steroid dienone is 1. The van der Waals surface area contributed by atoms with Gasteiger partial charge in [0.15, 0.2) is 6.10 Å². The molecule has 120 valence electrons. The quantitative estimate of drug-likeness (QED) is 0.684. The third-order valence-electron chi connectivity index (χ3n) is 3.04. The van der Waals surface area contributed by atoms with E-state index in [1.54, 1.807) is 37.3 Å². The largest absolute Gasteiger partial charge is 0.480 e. The van der Waals surface area contributed by atoms with Crippen molar-refractivity contribution >= 4 is 23.5 Å². The van der Waals surface area contributed by atoms with Crippen LogP contribution in [0.15, 0.2) is 36.9 Å². The minimum atomic E-state index is -1.08. The van der Waals surface area contributed by atoms with Gasteiger partial charge in [-0.25, -0.2) is 4.79 Å². The van der Waals surface area contributed by atoms with Gasteiger partial charge in [0.1, 0.15) is 11.8 Å². The number of halogens is 1. The number of hydrogen-bond acceptors (Lipinski definition) is 3. The molecule has 0 aliphatic rings. The molecule has 0 aliphatic carbocycles. The van der Waals surface area contributed by atoms with E-state index in [1.165, 1.54) is 0 Å². The fourth-order valence-electron chi connectivity index (χ4n) is 1.82. The highest BCUT2D eigenvalue weighted by Crippen LogP contribution is 2.24. The van der Waals surface area contributed by atoms with Crippen LogP contribution in [0.3, 0.4) is 0 Å². The molecular weight excluding hydrogens is 306 g/mol. The number of aliphatic carboxylic acids is 1. The van der Waals surface area contributed by atoms with Crippen LogP contribution in [0, 0.1) is 0 Å². The normalized spacial score (nSPS) is 13.0. The van der Waals surface area contributed by atoms with E-state index in [1.807, 2.05) is 0 Å². The van der Waals surface area contributed by atoms with Crippen molar-refractivity contribution in [3.63, 3.8) is 0 Å². The Kier molecular flexibility index (Phi) is 7.46. The third kappa shape index (κ3) is 5.41. The number of rotatable bonds is 9. The summed E-state index contributed by atoms with van der Waals surface area (Å²) in [6.07, 6.45) is 1.99. The van der Waals surface area contributed by atoms with Crippen molar-refractivity contribution in [1.82, 2.24) is 5.32 Å². The standard InChI is InChI=1S/C16H20ClNO4/c1-3-5-9-12(16(20)21)18-15(19)13(4-2)22-14-10-7-6-8-11(14)17/h3,6-8,10,12-13H,1,4-5,9H2,2H3,(H,18,19)(H,20,21). The van der Waals surface area contributed by atoms with Crippen molar-refractivity contribution in [3.05, 3.63) is 41.9 Å². The molecule has 0 heterocycles. The van der Waals surface area contributed by atoms with Crippen LogP contribution in [0.25, 0.3) is 0 Å². The summed E-state index contributed by atoms with van der Waals surface area (Å²) in [5, 5.41) is 12.0. The summed E-state index contributed by atoms with van der Waals surface area (Å²) in [5.74, 6) is -1.16. The molecule has 0 saturated carbocycles. The van der Waals surface area contributed by atoms with Crippen LogP contribution in [-0.4, -0.2) is 29.1 Å². The van der Waals surface area contributed by atoms with Crippen LogP contribution in [0.5, 0.6) is 5.75 Å². The SMILES string of the molecule is C=CCCC(NC(=O)C(CC)Oc1ccccc1Cl)C(=O)O. The number of ether oxygens (including phenoxy) is 1. The monoisotopic (exact) mass is 325 g/mol. The molecule has 0 fully saturated rings. The number of benzene rings is 1. The van der Waals surface area contributed by atoms with Crippen molar-refractivity contribution < 1.29 is 19.4 Å². The molecule has 2 unspecified atom stereocenters. The van der Waals surface area contributed by atoms with E-state index in [-0.39, 0.29) is 6.42 Å². The van der Waals surface area contributed by atoms with E-state index in [9.17, 15) is 9.59 Å². The van der Waals surface area contributed by atoms with Gasteiger partial charge in [0.2, 0.25) is 0 Å². The Balaban J connectivity index is 2.72. The van der Waals surface area contributed by atoms with Gasteiger partial charge in [-0.1, -0.05) is 36.7 Å². The molecule has 22 heavy (non-hydrogen) atoms. The number of hydrogen-bond donors (Lipinski definition) is 2. The number of amides is 1. The van der Waals surface area contributed by atoms with Crippen LogP contribution < -0.4 is 10.1 Å². The lowest BCUT2D eigenvalue weighted by atomic mass is 10.1. The first-order chi connectivity index (χ1) is 10.5. The smallest absolute Gasteiger partial charge is 0.326 e. The highest BCUT2D eigenvalue weighted by atomic mass is 35.5. The molecule has 1 aromatic rings. The molecule has 2 atom stereocenters. The fraction of sp³-hybridized carbons (Fsp3) is 0.375. The highest BCUT2D eigenvalue weighted by molar-refractivity contribution is 6.32. The summed E-state index contributed by atoms with van der Waals surface area (Å²) < 4.78 is 5.58. The Bertz CT molecular complexity index is 533. The van der Waals surface area contributed by atoms with Gasteiger partial charge in [-0.05, 0) is 31.4 Å². The Morgan fingerprint density at radius 3 is 2.68 bits per heavy atom. The maximum Gasteiger partial charge on any atom is 0.326 e. The molecule has 1 rings (SSSR count). The third-order valence-corrected chi connectivity index (χ3v) is 3.36. The Morgan fingerprint density at radius 2 is 2.14 bits per heavy atom. The average Bonchev–Trinajstić information content (AvgIpc) is 2.50. The summed E-state index contributed by atoms with van der Waals surface area (Å²) in [6.45, 7) is 5.32. The lowest BCUT2D eigenvalue weighted by molar-refractivity contribution is -0.143. The molecule has 5 nitrogen and oxygen atoms in total. The lowest BCUT2D eigenvalue weighted by Gasteiger charge is -2.20. The maximum atomic E-state index is 12.2. The zero-order chi connectivity index (χ0) is 16.5. The molecule has 0 aromatic heterocycles. The molecule has 6 heteroatoms. The summed E-state index contributed by atoms with van der Waals surface area (Å²) >= 11 is 5.99. The molecule has 1 amide bonds. The van der Waals surface area contributed by atoms with Crippen LogP contribution in [0.1, 0.15) is 26.2 Å². The van der Waals surface area contributed by atoms with Gasteiger partial charge in [-0.3, -0.25) is 4.79 Å². The number of carbonyl (C=O) groups excluding carboxylic acids is 1. The predicted octanol–water partition coefficient (Wildman–Crippen LogP) is 3.03. The molecule has 0 saturated heterocycles. The van der Waals surface area contributed by atoms with Gasteiger partial charge in [0.25, 0.3) is 5.91 Å². The van der Waals surface area contributed by atoms with Gasteiger partial charge in [-0.15, -0.1) is 6.58 Å². The number of para-hydroxylation sites is 1. The van der Waals surface area contributed by atoms with Gasteiger partial charge < -0.3 is 15.2 Å². The van der Waals surface area contributed by atoms with Crippen molar-refractivity contribution in [3.8, 4) is 5.75 Å². The Hall–Kier alpha value is -2.01. The van der Waals surface area contributed by atoms with Crippen LogP contribution >= 0.6 is 11.6 Å². The predicted molar refractivity (Wildman–Crippen MR) is 85.2 cm³/mol. The van der Waals surface area contributed by atoms with E-state index >= 15 is 0 Å². The first kappa shape index (κ1) is 18.0. The molecule has 1 aromatic carbocycles. The van der Waals surface area contributed by atoms with Crippen molar-refractivity contribution in [2.45, 2.75) is 38.3 Å². The van der Waals surface area contributed by atoms with Crippen molar-refractivity contribution in [2.24, 2.45) is 0 Å². The first-order valence-corrected chi connectivity index (χ1v) is 7.42. The second-order valence-electron chi connectivity index (χ2n) is 4.71. The van der Waals surface area contributed by atoms with Gasteiger partial charge in [-0.2, -0.15) is 0 Å². The Labute approximate surface area is 134 Å². The summed E-state index contributed by atoms with van der Waals surface area (Å²) in [5.41, 5.74) is 0. The number of carboxylic acid groups (broad SMARTS) is 1. The highest BCUT2D eigenvalue weighted by Gasteiger charge is 2.25. The van der Waals surface area contributed by atoms with Crippen LogP contribution in [0.2, 0.25) is 5.02 Å². The zero-order valence-corrected chi connectivity index (χ0v) is 13.2. The minimum absolute atomic E-state index is 0.285. The summed E-state index contributed by atoms with van der Waals surface area (Å²) in [6, 6.07) is 5.85. The number of nitrogens with one attached hydrogen (secondary N) is 1. The van der Waals surface area contributed by atoms with E-state index in [4.69, 9.17) is 21.4 Å². The molecule has 0 radical (unpaired) electrons. The minimum Gasteiger partial charge on any atom is -0.480 e. The molecule has 0 spiro atoms. The number of carboxylic acids is 1. The molecule has 2 N–H and O–H groups in total. The van der Waals surface area contributed by atoms with E-state index in [0.29, 0.717) is 23.6 Å². The first-order valence-electron chi connectivity index (χ1n) is 7.04. The average molecular weight is 326 g/mol. The van der Waals surface area contributed by atoms with Crippen LogP contribution in [0.4, 0.5) is 0 Å². The van der Waals surface area contributed by atoms with Gasteiger partial charge in [0.05, 0.1) is 5.02 Å². The molecule has 0 aliphatic heterocycles. The lowest BCUT2D eigenvalue weighted by Crippen LogP contribution is -2.47. The van der Waals surface area contributed by atoms with Crippen molar-refractivity contribution in [2.75, 3.05) is 0 Å². The molecular formula is C16H20ClNO4. The zero-order valence-electron chi connectivity index (χ0n) is 12.4. The topological polar surface area (TPSA) is 75.6 Å². The summed E-state index contributed by atoms with van der Waals surface area (Å²) in [7, 11) is 0. The second-order valence-corrected chi connectivity index (χ2v) is 5.12. The fourth-order valence-corrected chi connectivity index (χ4v) is 2.00. The van der Waals surface area contributed by atoms with E-state index in [0.717, 1.165) is 0 Å². The van der Waals surface area contributed by atoms with Gasteiger partial charge >= 0.3 is 5.97 Å². The molecule has 0 bridgehead atoms. The van der Waals surface area contributed by atoms with E-state index in [2.05, 4.69) is 11.9 Å². The summed E-state index contributed by atoms with van der Waals surface area (Å²) in [4.78, 5) is 23.4. The maximum absolute atomic E-state index is 12.2. The van der Waals surface area contributed by atoms with E-state index < -0.39 is 24.0 Å². The Morgan fingerprint density at radius 1 is 1.45 bits per heavy atom. The van der Waals surface area contributed by atoms with Crippen LogP contribution in [-0.2, 0) is 9.59 Å². The number of carbonyl (C=O) groups is 2. The second kappa shape index (κ2) is 9.10.